The predicted molar refractivity (Wildman–Crippen MR) is 80.6 cm³/mol. The lowest BCUT2D eigenvalue weighted by molar-refractivity contribution is -0.119. The van der Waals surface area contributed by atoms with Gasteiger partial charge in [-0.25, -0.2) is 4.98 Å². The van der Waals surface area contributed by atoms with Crippen molar-refractivity contribution in [3.05, 3.63) is 48.5 Å². The Bertz CT molecular complexity index is 788. The molecule has 7 nitrogen and oxygen atoms in total. The van der Waals surface area contributed by atoms with Gasteiger partial charge >= 0.3 is 0 Å². The summed E-state index contributed by atoms with van der Waals surface area (Å²) in [5.74, 6) is 0.876. The van der Waals surface area contributed by atoms with E-state index in [1.807, 2.05) is 29.8 Å². The number of aromatic nitrogens is 4. The Morgan fingerprint density at radius 1 is 1.36 bits per heavy atom. The summed E-state index contributed by atoms with van der Waals surface area (Å²) in [5, 5.41) is 6.94. The van der Waals surface area contributed by atoms with E-state index in [9.17, 15) is 4.79 Å². The topological polar surface area (TPSA) is 98.8 Å². The molecule has 0 aliphatic carbocycles. The van der Waals surface area contributed by atoms with E-state index in [-0.39, 0.29) is 6.61 Å². The van der Waals surface area contributed by atoms with Gasteiger partial charge in [-0.2, -0.15) is 5.10 Å². The number of aryl methyl sites for hydroxylation is 1. The van der Waals surface area contributed by atoms with Gasteiger partial charge in [0.15, 0.2) is 6.61 Å². The molecular weight excluding hydrogens is 282 g/mol. The van der Waals surface area contributed by atoms with E-state index < -0.39 is 5.91 Å². The van der Waals surface area contributed by atoms with Crippen LogP contribution in [0.3, 0.4) is 0 Å². The maximum absolute atomic E-state index is 10.7. The zero-order chi connectivity index (χ0) is 15.5. The third-order valence-corrected chi connectivity index (χ3v) is 3.20. The molecule has 2 aromatic heterocycles. The van der Waals surface area contributed by atoms with Crippen LogP contribution in [0.25, 0.3) is 17.1 Å². The molecule has 1 aromatic carbocycles. The van der Waals surface area contributed by atoms with Crippen molar-refractivity contribution < 1.29 is 9.53 Å². The van der Waals surface area contributed by atoms with Gasteiger partial charge in [-0.15, -0.1) is 0 Å². The summed E-state index contributed by atoms with van der Waals surface area (Å²) >= 11 is 0. The van der Waals surface area contributed by atoms with Gasteiger partial charge in [0.2, 0.25) is 0 Å². The summed E-state index contributed by atoms with van der Waals surface area (Å²) in [6, 6.07) is 7.31. The number of imidazole rings is 1. The molecule has 0 unspecified atom stereocenters. The van der Waals surface area contributed by atoms with Crippen molar-refractivity contribution in [1.82, 2.24) is 19.7 Å². The molecule has 3 aromatic rings. The summed E-state index contributed by atoms with van der Waals surface area (Å²) in [6.07, 6.45) is 5.37. The molecule has 0 radical (unpaired) electrons. The molecule has 0 atom stereocenters. The molecule has 3 rings (SSSR count). The zero-order valence-electron chi connectivity index (χ0n) is 12.0. The van der Waals surface area contributed by atoms with E-state index in [2.05, 4.69) is 15.2 Å². The molecular formula is C15H15N5O2. The molecule has 112 valence electrons. The quantitative estimate of drug-likeness (QED) is 0.744. The number of nitrogens with two attached hydrogens (primary N) is 1. The first kappa shape index (κ1) is 13.9. The number of benzene rings is 1. The summed E-state index contributed by atoms with van der Waals surface area (Å²) in [7, 11) is 0. The van der Waals surface area contributed by atoms with Crippen LogP contribution in [0.15, 0.2) is 42.9 Å². The Morgan fingerprint density at radius 2 is 2.14 bits per heavy atom. The Hall–Kier alpha value is -3.09. The minimum absolute atomic E-state index is 0.137. The van der Waals surface area contributed by atoms with Crippen LogP contribution in [0, 0.1) is 6.92 Å². The fraction of sp³-hybridized carbons (Fsp3) is 0.133. The van der Waals surface area contributed by atoms with Gasteiger partial charge in [-0.1, -0.05) is 0 Å². The van der Waals surface area contributed by atoms with Gasteiger partial charge in [-0.05, 0) is 31.2 Å². The molecule has 0 fully saturated rings. The SMILES string of the molecule is Cc1[nH]ncc1-n1ccnc1-c1ccc(OCC(N)=O)cc1. The Labute approximate surface area is 126 Å². The normalized spacial score (nSPS) is 10.6. The van der Waals surface area contributed by atoms with Crippen LogP contribution >= 0.6 is 0 Å². The van der Waals surface area contributed by atoms with Crippen molar-refractivity contribution in [2.24, 2.45) is 5.73 Å². The van der Waals surface area contributed by atoms with Gasteiger partial charge in [-0.3, -0.25) is 14.5 Å². The van der Waals surface area contributed by atoms with E-state index in [1.165, 1.54) is 0 Å². The van der Waals surface area contributed by atoms with E-state index in [0.717, 1.165) is 22.8 Å². The second-order valence-corrected chi connectivity index (χ2v) is 4.78. The Morgan fingerprint density at radius 3 is 2.77 bits per heavy atom. The second-order valence-electron chi connectivity index (χ2n) is 4.78. The lowest BCUT2D eigenvalue weighted by Crippen LogP contribution is -2.19. The maximum Gasteiger partial charge on any atom is 0.255 e. The number of H-pyrrole nitrogens is 1. The summed E-state index contributed by atoms with van der Waals surface area (Å²) in [5.41, 5.74) is 7.88. The van der Waals surface area contributed by atoms with E-state index in [1.54, 1.807) is 24.5 Å². The highest BCUT2D eigenvalue weighted by molar-refractivity contribution is 5.75. The van der Waals surface area contributed by atoms with Crippen LogP contribution in [0.2, 0.25) is 0 Å². The fourth-order valence-electron chi connectivity index (χ4n) is 2.15. The number of aromatic amines is 1. The van der Waals surface area contributed by atoms with Crippen molar-refractivity contribution in [3.8, 4) is 22.8 Å². The van der Waals surface area contributed by atoms with Crippen LogP contribution in [-0.4, -0.2) is 32.3 Å². The highest BCUT2D eigenvalue weighted by Gasteiger charge is 2.11. The largest absolute Gasteiger partial charge is 0.484 e. The molecule has 0 aliphatic rings. The van der Waals surface area contributed by atoms with Crippen LogP contribution < -0.4 is 10.5 Å². The van der Waals surface area contributed by atoms with Crippen molar-refractivity contribution in [2.45, 2.75) is 6.92 Å². The molecule has 2 heterocycles. The Balaban J connectivity index is 1.88. The number of carbonyl (C=O) groups is 1. The number of amides is 1. The predicted octanol–water partition coefficient (Wildman–Crippen LogP) is 1.43. The molecule has 3 N–H and O–H groups in total. The average Bonchev–Trinajstić information content (AvgIpc) is 3.14. The number of nitrogens with one attached hydrogen (secondary N) is 1. The van der Waals surface area contributed by atoms with Gasteiger partial charge in [0.05, 0.1) is 17.6 Å². The van der Waals surface area contributed by atoms with Crippen molar-refractivity contribution in [3.63, 3.8) is 0 Å². The Kier molecular flexibility index (Phi) is 3.61. The molecule has 22 heavy (non-hydrogen) atoms. The summed E-state index contributed by atoms with van der Waals surface area (Å²) in [6.45, 7) is 1.81. The lowest BCUT2D eigenvalue weighted by atomic mass is 10.2. The number of ether oxygens (including phenoxy) is 1. The van der Waals surface area contributed by atoms with Gasteiger partial charge in [0, 0.05) is 18.0 Å². The van der Waals surface area contributed by atoms with Crippen molar-refractivity contribution in [2.75, 3.05) is 6.61 Å². The third-order valence-electron chi connectivity index (χ3n) is 3.20. The highest BCUT2D eigenvalue weighted by atomic mass is 16.5. The van der Waals surface area contributed by atoms with Crippen molar-refractivity contribution in [1.29, 1.82) is 0 Å². The van der Waals surface area contributed by atoms with E-state index in [0.29, 0.717) is 5.75 Å². The highest BCUT2D eigenvalue weighted by Crippen LogP contribution is 2.24. The summed E-state index contributed by atoms with van der Waals surface area (Å²) < 4.78 is 7.20. The number of rotatable bonds is 5. The molecule has 0 saturated heterocycles. The molecule has 0 saturated carbocycles. The average molecular weight is 297 g/mol. The van der Waals surface area contributed by atoms with Crippen LogP contribution in [0.4, 0.5) is 0 Å². The number of nitrogens with zero attached hydrogens (tertiary/aromatic N) is 3. The minimum atomic E-state index is -0.505. The van der Waals surface area contributed by atoms with Gasteiger partial charge in [0.25, 0.3) is 5.91 Å². The standard InChI is InChI=1S/C15H15N5O2/c1-10-13(8-18-19-10)20-7-6-17-15(20)11-2-4-12(5-3-11)22-9-14(16)21/h2-8H,9H2,1H3,(H2,16,21)(H,18,19). The first-order chi connectivity index (χ1) is 10.6. The van der Waals surface area contributed by atoms with E-state index in [4.69, 9.17) is 10.5 Å². The van der Waals surface area contributed by atoms with Gasteiger partial charge in [0.1, 0.15) is 11.6 Å². The second kappa shape index (κ2) is 5.72. The molecule has 0 spiro atoms. The molecule has 0 bridgehead atoms. The first-order valence-electron chi connectivity index (χ1n) is 6.70. The van der Waals surface area contributed by atoms with Crippen molar-refractivity contribution >= 4 is 5.91 Å². The number of hydrogen-bond acceptors (Lipinski definition) is 4. The first-order valence-corrected chi connectivity index (χ1v) is 6.70. The minimum Gasteiger partial charge on any atom is -0.484 e. The van der Waals surface area contributed by atoms with Gasteiger partial charge < -0.3 is 10.5 Å². The maximum atomic E-state index is 10.7. The fourth-order valence-corrected chi connectivity index (χ4v) is 2.15. The smallest absolute Gasteiger partial charge is 0.255 e. The number of primary amides is 1. The number of hydrogen-bond donors (Lipinski definition) is 2. The third kappa shape index (κ3) is 2.69. The number of carbonyl (C=O) groups excluding carboxylic acids is 1. The monoisotopic (exact) mass is 297 g/mol. The van der Waals surface area contributed by atoms with E-state index >= 15 is 0 Å². The molecule has 1 amide bonds. The summed E-state index contributed by atoms with van der Waals surface area (Å²) in [4.78, 5) is 15.1. The lowest BCUT2D eigenvalue weighted by Gasteiger charge is -2.08. The van der Waals surface area contributed by atoms with Crippen LogP contribution in [-0.2, 0) is 4.79 Å². The zero-order valence-corrected chi connectivity index (χ0v) is 12.0. The van der Waals surface area contributed by atoms with Crippen LogP contribution in [0.1, 0.15) is 5.69 Å². The molecule has 0 aliphatic heterocycles. The van der Waals surface area contributed by atoms with Crippen LogP contribution in [0.5, 0.6) is 5.75 Å². The molecule has 7 heteroatoms.